The maximum absolute atomic E-state index is 13.0. The minimum absolute atomic E-state index is 0.0431. The van der Waals surface area contributed by atoms with Gasteiger partial charge in [0.05, 0.1) is 5.56 Å². The number of aryl methyl sites for hydroxylation is 1. The van der Waals surface area contributed by atoms with Crippen molar-refractivity contribution in [3.8, 4) is 0 Å². The number of carbonyl (C=O) groups excluding carboxylic acids is 1. The molecule has 3 rings (SSSR count). The first-order valence-corrected chi connectivity index (χ1v) is 9.09. The molecule has 11 heteroatoms. The molecule has 1 N–H and O–H groups in total. The Hall–Kier alpha value is -2.85. The summed E-state index contributed by atoms with van der Waals surface area (Å²) in [5.41, 5.74) is -1.78. The lowest BCUT2D eigenvalue weighted by Gasteiger charge is -2.31. The van der Waals surface area contributed by atoms with Gasteiger partial charge in [0.25, 0.3) is 0 Å². The third kappa shape index (κ3) is 5.00. The largest absolute Gasteiger partial charge is 0.433 e. The highest BCUT2D eigenvalue weighted by molar-refractivity contribution is 5.92. The summed E-state index contributed by atoms with van der Waals surface area (Å²) >= 11 is 0. The van der Waals surface area contributed by atoms with Gasteiger partial charge in [-0.05, 0) is 43.5 Å². The van der Waals surface area contributed by atoms with Crippen LogP contribution in [0.1, 0.15) is 29.7 Å². The number of nitrogens with zero attached hydrogens (tertiary/aromatic N) is 3. The average Bonchev–Trinajstić information content (AvgIpc) is 2.68. The number of amides is 1. The molecule has 1 saturated heterocycles. The number of halogens is 6. The van der Waals surface area contributed by atoms with Gasteiger partial charge in [0, 0.05) is 30.9 Å². The van der Waals surface area contributed by atoms with Crippen molar-refractivity contribution in [1.82, 2.24) is 9.97 Å². The molecule has 0 unspecified atom stereocenters. The summed E-state index contributed by atoms with van der Waals surface area (Å²) < 4.78 is 77.5. The molecule has 2 aromatic rings. The molecule has 1 aromatic carbocycles. The molecule has 0 bridgehead atoms. The smallest absolute Gasteiger partial charge is 0.341 e. The number of aromatic nitrogens is 2. The number of hydrogen-bond acceptors (Lipinski definition) is 4. The van der Waals surface area contributed by atoms with E-state index in [4.69, 9.17) is 0 Å². The van der Waals surface area contributed by atoms with Crippen LogP contribution in [-0.4, -0.2) is 29.0 Å². The highest BCUT2D eigenvalue weighted by atomic mass is 19.4. The summed E-state index contributed by atoms with van der Waals surface area (Å²) in [6.45, 7) is 1.84. The molecule has 5 nitrogen and oxygen atoms in total. The number of anilines is 2. The molecule has 2 heterocycles. The maximum Gasteiger partial charge on any atom is 0.433 e. The zero-order valence-corrected chi connectivity index (χ0v) is 15.8. The normalized spacial score (nSPS) is 15.9. The predicted molar refractivity (Wildman–Crippen MR) is 96.8 cm³/mol. The number of hydrogen-bond donors (Lipinski definition) is 1. The molecular formula is C19H18F6N4O. The van der Waals surface area contributed by atoms with E-state index in [9.17, 15) is 31.1 Å². The van der Waals surface area contributed by atoms with Gasteiger partial charge in [0.1, 0.15) is 5.69 Å². The number of carbonyl (C=O) groups is 1. The third-order valence-electron chi connectivity index (χ3n) is 4.89. The fourth-order valence-electron chi connectivity index (χ4n) is 3.25. The van der Waals surface area contributed by atoms with Gasteiger partial charge in [-0.15, -0.1) is 0 Å². The molecule has 0 aliphatic carbocycles. The monoisotopic (exact) mass is 432 g/mol. The standard InChI is InChI=1S/C19H18F6N4O/c1-11-2-3-13(10-14(11)18(20,21)22)27-16(30)12-5-8-29(9-6-12)17-26-7-4-15(28-17)19(23,24)25/h2-4,7,10,12H,5-6,8-9H2,1H3,(H,27,30). The molecule has 30 heavy (non-hydrogen) atoms. The zero-order valence-electron chi connectivity index (χ0n) is 15.8. The van der Waals surface area contributed by atoms with Crippen LogP contribution < -0.4 is 10.2 Å². The van der Waals surface area contributed by atoms with E-state index in [0.29, 0.717) is 12.8 Å². The van der Waals surface area contributed by atoms with Crippen molar-refractivity contribution < 1.29 is 31.1 Å². The van der Waals surface area contributed by atoms with Crippen molar-refractivity contribution in [3.63, 3.8) is 0 Å². The van der Waals surface area contributed by atoms with Crippen molar-refractivity contribution in [1.29, 1.82) is 0 Å². The van der Waals surface area contributed by atoms with Crippen LogP contribution in [0.3, 0.4) is 0 Å². The Morgan fingerprint density at radius 2 is 1.73 bits per heavy atom. The van der Waals surface area contributed by atoms with Gasteiger partial charge < -0.3 is 10.2 Å². The third-order valence-corrected chi connectivity index (χ3v) is 4.89. The Kier molecular flexibility index (Phi) is 5.91. The predicted octanol–water partition coefficient (Wildman–Crippen LogP) is 4.68. The SMILES string of the molecule is Cc1ccc(NC(=O)C2CCN(c3nccc(C(F)(F)F)n3)CC2)cc1C(F)(F)F. The second-order valence-electron chi connectivity index (χ2n) is 7.02. The van der Waals surface area contributed by atoms with Crippen molar-refractivity contribution in [2.75, 3.05) is 23.3 Å². The van der Waals surface area contributed by atoms with E-state index >= 15 is 0 Å². The van der Waals surface area contributed by atoms with E-state index in [0.717, 1.165) is 18.3 Å². The van der Waals surface area contributed by atoms with Crippen LogP contribution in [0.5, 0.6) is 0 Å². The summed E-state index contributed by atoms with van der Waals surface area (Å²) in [6.07, 6.45) is -7.47. The maximum atomic E-state index is 13.0. The van der Waals surface area contributed by atoms with Gasteiger partial charge in [0.2, 0.25) is 11.9 Å². The van der Waals surface area contributed by atoms with Crippen LogP contribution in [0.2, 0.25) is 0 Å². The minimum Gasteiger partial charge on any atom is -0.341 e. The number of alkyl halides is 6. The minimum atomic E-state index is -4.58. The Morgan fingerprint density at radius 1 is 1.07 bits per heavy atom. The molecular weight excluding hydrogens is 414 g/mol. The summed E-state index contributed by atoms with van der Waals surface area (Å²) in [7, 11) is 0. The van der Waals surface area contributed by atoms with Crippen LogP contribution in [-0.2, 0) is 17.1 Å². The van der Waals surface area contributed by atoms with Gasteiger partial charge in [-0.1, -0.05) is 6.07 Å². The molecule has 162 valence electrons. The average molecular weight is 432 g/mol. The molecule has 1 fully saturated rings. The van der Waals surface area contributed by atoms with Crippen molar-refractivity contribution in [2.24, 2.45) is 5.92 Å². The van der Waals surface area contributed by atoms with E-state index in [1.165, 1.54) is 19.1 Å². The molecule has 1 aliphatic heterocycles. The molecule has 1 aliphatic rings. The Bertz CT molecular complexity index is 920. The van der Waals surface area contributed by atoms with E-state index in [1.54, 1.807) is 4.90 Å². The van der Waals surface area contributed by atoms with E-state index in [2.05, 4.69) is 15.3 Å². The lowest BCUT2D eigenvalue weighted by molar-refractivity contribution is -0.141. The first-order chi connectivity index (χ1) is 13.9. The van der Waals surface area contributed by atoms with Gasteiger partial charge in [-0.2, -0.15) is 26.3 Å². The number of rotatable bonds is 3. The van der Waals surface area contributed by atoms with Crippen LogP contribution in [0.15, 0.2) is 30.5 Å². The number of piperidine rings is 1. The first kappa shape index (κ1) is 21.8. The molecule has 0 saturated carbocycles. The fourth-order valence-corrected chi connectivity index (χ4v) is 3.25. The highest BCUT2D eigenvalue weighted by Gasteiger charge is 2.35. The number of benzene rings is 1. The Balaban J connectivity index is 1.63. The summed E-state index contributed by atoms with van der Waals surface area (Å²) in [5, 5.41) is 2.50. The molecule has 1 aromatic heterocycles. The molecule has 0 spiro atoms. The van der Waals surface area contributed by atoms with Crippen molar-refractivity contribution >= 4 is 17.5 Å². The van der Waals surface area contributed by atoms with Gasteiger partial charge >= 0.3 is 12.4 Å². The van der Waals surface area contributed by atoms with Gasteiger partial charge in [-0.3, -0.25) is 4.79 Å². The lowest BCUT2D eigenvalue weighted by Crippen LogP contribution is -2.39. The second kappa shape index (κ2) is 8.11. The molecule has 0 atom stereocenters. The van der Waals surface area contributed by atoms with Gasteiger partial charge in [0.15, 0.2) is 0 Å². The summed E-state index contributed by atoms with van der Waals surface area (Å²) in [6, 6.07) is 4.35. The quantitative estimate of drug-likeness (QED) is 0.716. The van der Waals surface area contributed by atoms with Crippen LogP contribution in [0.25, 0.3) is 0 Å². The number of nitrogens with one attached hydrogen (secondary N) is 1. The molecule has 1 amide bonds. The lowest BCUT2D eigenvalue weighted by atomic mass is 9.96. The van der Waals surface area contributed by atoms with Gasteiger partial charge in [-0.25, -0.2) is 9.97 Å². The first-order valence-electron chi connectivity index (χ1n) is 9.09. The molecule has 0 radical (unpaired) electrons. The van der Waals surface area contributed by atoms with Crippen molar-refractivity contribution in [2.45, 2.75) is 32.1 Å². The fraction of sp³-hybridized carbons (Fsp3) is 0.421. The summed E-state index contributed by atoms with van der Waals surface area (Å²) in [5.74, 6) is -0.990. The Labute approximate surface area is 168 Å². The van der Waals surface area contributed by atoms with Crippen molar-refractivity contribution in [3.05, 3.63) is 47.3 Å². The second-order valence-corrected chi connectivity index (χ2v) is 7.02. The summed E-state index contributed by atoms with van der Waals surface area (Å²) in [4.78, 5) is 21.4. The van der Waals surface area contributed by atoms with Crippen LogP contribution in [0, 0.1) is 12.8 Å². The topological polar surface area (TPSA) is 58.1 Å². The van der Waals surface area contributed by atoms with E-state index < -0.39 is 35.4 Å². The van der Waals surface area contributed by atoms with Crippen LogP contribution in [0.4, 0.5) is 38.0 Å². The van der Waals surface area contributed by atoms with E-state index in [-0.39, 0.29) is 30.3 Å². The Morgan fingerprint density at radius 3 is 2.33 bits per heavy atom. The highest BCUT2D eigenvalue weighted by Crippen LogP contribution is 2.34. The zero-order chi connectivity index (χ0) is 22.1. The van der Waals surface area contributed by atoms with E-state index in [1.807, 2.05) is 0 Å². The van der Waals surface area contributed by atoms with Crippen LogP contribution >= 0.6 is 0 Å².